The van der Waals surface area contributed by atoms with E-state index in [-0.39, 0.29) is 5.91 Å². The number of likely N-dealkylation sites (tertiary alicyclic amines) is 1. The lowest BCUT2D eigenvalue weighted by atomic mass is 9.92. The molecule has 2 aliphatic rings. The molecule has 2 amide bonds. The number of fused-ring (bicyclic) bond motifs is 1. The molecular weight excluding hydrogens is 310 g/mol. The third-order valence-electron chi connectivity index (χ3n) is 4.91. The second-order valence-electron chi connectivity index (χ2n) is 7.25. The van der Waals surface area contributed by atoms with Gasteiger partial charge in [-0.3, -0.25) is 9.59 Å². The highest BCUT2D eigenvalue weighted by atomic mass is 32.1. The maximum atomic E-state index is 12.4. The van der Waals surface area contributed by atoms with Crippen LogP contribution in [0, 0.1) is 11.8 Å². The van der Waals surface area contributed by atoms with E-state index in [2.05, 4.69) is 19.2 Å². The molecule has 1 saturated heterocycles. The van der Waals surface area contributed by atoms with Crippen molar-refractivity contribution in [3.8, 4) is 0 Å². The summed E-state index contributed by atoms with van der Waals surface area (Å²) in [6.07, 6.45) is 4.20. The minimum Gasteiger partial charge on any atom is -0.365 e. The largest absolute Gasteiger partial charge is 0.365 e. The smallest absolute Gasteiger partial charge is 0.280 e. The fourth-order valence-electron chi connectivity index (χ4n) is 4.22. The predicted octanol–water partition coefficient (Wildman–Crippen LogP) is 0.835. The molecule has 0 unspecified atom stereocenters. The van der Waals surface area contributed by atoms with E-state index in [1.54, 1.807) is 0 Å². The van der Waals surface area contributed by atoms with E-state index in [1.165, 1.54) is 27.5 Å². The number of hydrogen-bond donors (Lipinski definition) is 3. The first kappa shape index (κ1) is 16.5. The number of quaternary nitrogens is 1. The number of rotatable bonds is 4. The molecule has 2 atom stereocenters. The molecule has 2 heterocycles. The van der Waals surface area contributed by atoms with Crippen LogP contribution in [0.3, 0.4) is 0 Å². The van der Waals surface area contributed by atoms with Gasteiger partial charge in [-0.25, -0.2) is 0 Å². The lowest BCUT2D eigenvalue weighted by Gasteiger charge is -2.31. The Kier molecular flexibility index (Phi) is 4.73. The normalized spacial score (nSPS) is 26.8. The van der Waals surface area contributed by atoms with Gasteiger partial charge in [-0.1, -0.05) is 13.8 Å². The van der Waals surface area contributed by atoms with Gasteiger partial charge in [0.05, 0.1) is 18.7 Å². The summed E-state index contributed by atoms with van der Waals surface area (Å²) < 4.78 is 0. The first-order valence-electron chi connectivity index (χ1n) is 8.51. The quantitative estimate of drug-likeness (QED) is 0.762. The van der Waals surface area contributed by atoms with E-state index < -0.39 is 5.91 Å². The van der Waals surface area contributed by atoms with E-state index in [0.717, 1.165) is 37.9 Å². The highest BCUT2D eigenvalue weighted by molar-refractivity contribution is 7.17. The number of primary amides is 1. The molecule has 0 radical (unpaired) electrons. The molecule has 23 heavy (non-hydrogen) atoms. The zero-order valence-corrected chi connectivity index (χ0v) is 14.7. The SMILES string of the molecule is C[C@H]1C[C@H](C)C[NH+](CC(=O)Nc2sc3c(c2C(N)=O)CCC3)C1. The first-order valence-corrected chi connectivity index (χ1v) is 9.33. The minimum absolute atomic E-state index is 0.0104. The number of amides is 2. The molecule has 0 aromatic carbocycles. The van der Waals surface area contributed by atoms with Gasteiger partial charge in [-0.05, 0) is 31.2 Å². The van der Waals surface area contributed by atoms with Crippen molar-refractivity contribution in [1.82, 2.24) is 0 Å². The second kappa shape index (κ2) is 6.61. The number of nitrogens with two attached hydrogens (primary N) is 1. The van der Waals surface area contributed by atoms with Crippen LogP contribution in [-0.2, 0) is 17.6 Å². The van der Waals surface area contributed by atoms with E-state index in [0.29, 0.717) is 28.9 Å². The average molecular weight is 336 g/mol. The molecule has 1 fully saturated rings. The van der Waals surface area contributed by atoms with E-state index in [4.69, 9.17) is 5.73 Å². The van der Waals surface area contributed by atoms with Crippen LogP contribution in [0.1, 0.15) is 47.5 Å². The van der Waals surface area contributed by atoms with Gasteiger partial charge < -0.3 is 16.0 Å². The van der Waals surface area contributed by atoms with Crippen molar-refractivity contribution in [2.45, 2.75) is 39.5 Å². The standard InChI is InChI=1S/C17H25N3O2S/c1-10-6-11(2)8-20(7-10)9-14(21)19-17-15(16(18)22)12-4-3-5-13(12)23-17/h10-11H,3-9H2,1-2H3,(H2,18,22)(H,19,21)/p+1/t10-,11-/m0/s1. The van der Waals surface area contributed by atoms with Crippen LogP contribution < -0.4 is 16.0 Å². The average Bonchev–Trinajstić information content (AvgIpc) is 2.96. The molecule has 1 aliphatic heterocycles. The summed E-state index contributed by atoms with van der Waals surface area (Å²) in [6, 6.07) is 0. The number of thiophene rings is 1. The molecular formula is C17H26N3O2S+. The van der Waals surface area contributed by atoms with Crippen LogP contribution >= 0.6 is 11.3 Å². The lowest BCUT2D eigenvalue weighted by Crippen LogP contribution is -3.15. The van der Waals surface area contributed by atoms with Crippen LogP contribution in [0.15, 0.2) is 0 Å². The van der Waals surface area contributed by atoms with E-state index in [1.807, 2.05) is 0 Å². The second-order valence-corrected chi connectivity index (χ2v) is 8.36. The Morgan fingerprint density at radius 2 is 1.96 bits per heavy atom. The van der Waals surface area contributed by atoms with Crippen LogP contribution in [0.2, 0.25) is 0 Å². The Morgan fingerprint density at radius 3 is 2.61 bits per heavy atom. The highest BCUT2D eigenvalue weighted by Gasteiger charge is 2.29. The molecule has 126 valence electrons. The zero-order chi connectivity index (χ0) is 16.6. The fourth-order valence-corrected chi connectivity index (χ4v) is 5.53. The van der Waals surface area contributed by atoms with Crippen molar-refractivity contribution >= 4 is 28.2 Å². The highest BCUT2D eigenvalue weighted by Crippen LogP contribution is 2.38. The van der Waals surface area contributed by atoms with Gasteiger partial charge in [0, 0.05) is 16.7 Å². The van der Waals surface area contributed by atoms with Gasteiger partial charge in [0.25, 0.3) is 11.8 Å². The molecule has 0 spiro atoms. The number of anilines is 1. The Hall–Kier alpha value is -1.40. The van der Waals surface area contributed by atoms with Crippen molar-refractivity contribution < 1.29 is 14.5 Å². The summed E-state index contributed by atoms with van der Waals surface area (Å²) in [7, 11) is 0. The molecule has 4 N–H and O–H groups in total. The van der Waals surface area contributed by atoms with Gasteiger partial charge in [0.15, 0.2) is 6.54 Å². The topological polar surface area (TPSA) is 76.6 Å². The third-order valence-corrected chi connectivity index (χ3v) is 6.12. The molecule has 5 nitrogen and oxygen atoms in total. The molecule has 1 aromatic rings. The number of piperidine rings is 1. The summed E-state index contributed by atoms with van der Waals surface area (Å²) in [5.74, 6) is 0.887. The van der Waals surface area contributed by atoms with Crippen molar-refractivity contribution in [1.29, 1.82) is 0 Å². The summed E-state index contributed by atoms with van der Waals surface area (Å²) in [5.41, 5.74) is 7.15. The summed E-state index contributed by atoms with van der Waals surface area (Å²) >= 11 is 1.53. The van der Waals surface area contributed by atoms with Crippen molar-refractivity contribution in [2.24, 2.45) is 17.6 Å². The molecule has 3 rings (SSSR count). The lowest BCUT2D eigenvalue weighted by molar-refractivity contribution is -0.904. The molecule has 6 heteroatoms. The minimum atomic E-state index is -0.424. The Morgan fingerprint density at radius 1 is 1.26 bits per heavy atom. The fraction of sp³-hybridized carbons (Fsp3) is 0.647. The van der Waals surface area contributed by atoms with Crippen LogP contribution in [-0.4, -0.2) is 31.4 Å². The van der Waals surface area contributed by atoms with Crippen LogP contribution in [0.4, 0.5) is 5.00 Å². The van der Waals surface area contributed by atoms with E-state index in [9.17, 15) is 9.59 Å². The molecule has 0 bridgehead atoms. The monoisotopic (exact) mass is 336 g/mol. The van der Waals surface area contributed by atoms with Crippen molar-refractivity contribution in [2.75, 3.05) is 25.0 Å². The Labute approximate surface area is 141 Å². The Bertz CT molecular complexity index is 616. The van der Waals surface area contributed by atoms with Crippen molar-refractivity contribution in [3.05, 3.63) is 16.0 Å². The van der Waals surface area contributed by atoms with Gasteiger partial charge in [-0.15, -0.1) is 11.3 Å². The first-order chi connectivity index (χ1) is 10.9. The number of carbonyl (C=O) groups is 2. The maximum absolute atomic E-state index is 12.4. The maximum Gasteiger partial charge on any atom is 0.280 e. The van der Waals surface area contributed by atoms with Gasteiger partial charge in [0.2, 0.25) is 0 Å². The third kappa shape index (κ3) is 3.58. The van der Waals surface area contributed by atoms with Gasteiger partial charge >= 0.3 is 0 Å². The van der Waals surface area contributed by atoms with Gasteiger partial charge in [-0.2, -0.15) is 0 Å². The number of nitrogens with one attached hydrogen (secondary N) is 2. The number of aryl methyl sites for hydroxylation is 1. The summed E-state index contributed by atoms with van der Waals surface area (Å²) in [6.45, 7) is 7.06. The Balaban J connectivity index is 1.68. The van der Waals surface area contributed by atoms with Crippen LogP contribution in [0.5, 0.6) is 0 Å². The van der Waals surface area contributed by atoms with Crippen LogP contribution in [0.25, 0.3) is 0 Å². The number of hydrogen-bond acceptors (Lipinski definition) is 3. The predicted molar refractivity (Wildman–Crippen MR) is 92.0 cm³/mol. The summed E-state index contributed by atoms with van der Waals surface area (Å²) in [5, 5.41) is 3.61. The van der Waals surface area contributed by atoms with Crippen molar-refractivity contribution in [3.63, 3.8) is 0 Å². The molecule has 1 aliphatic carbocycles. The zero-order valence-electron chi connectivity index (χ0n) is 13.9. The molecule has 0 saturated carbocycles. The summed E-state index contributed by atoms with van der Waals surface area (Å²) in [4.78, 5) is 26.7. The number of carbonyl (C=O) groups excluding carboxylic acids is 2. The molecule has 1 aromatic heterocycles. The van der Waals surface area contributed by atoms with Gasteiger partial charge in [0.1, 0.15) is 5.00 Å². The van der Waals surface area contributed by atoms with E-state index >= 15 is 0 Å².